The number of methoxy groups -OCH3 is 1. The molecule has 194 valence electrons. The van der Waals surface area contributed by atoms with Crippen LogP contribution in [0.25, 0.3) is 0 Å². The molecule has 0 saturated heterocycles. The van der Waals surface area contributed by atoms with Crippen molar-refractivity contribution in [1.29, 1.82) is 0 Å². The largest absolute Gasteiger partial charge is 0.506 e. The van der Waals surface area contributed by atoms with Gasteiger partial charge in [-0.05, 0) is 93.1 Å². The van der Waals surface area contributed by atoms with Gasteiger partial charge in [-0.1, -0.05) is 19.9 Å². The second kappa shape index (κ2) is 12.4. The van der Waals surface area contributed by atoms with Crippen LogP contribution in [0.5, 0.6) is 11.5 Å². The minimum atomic E-state index is -0.523. The van der Waals surface area contributed by atoms with Crippen molar-refractivity contribution >= 4 is 11.6 Å². The molecule has 6 nitrogen and oxygen atoms in total. The summed E-state index contributed by atoms with van der Waals surface area (Å²) in [6.45, 7) is 14.9. The van der Waals surface area contributed by atoms with E-state index in [0.29, 0.717) is 24.3 Å². The van der Waals surface area contributed by atoms with Crippen molar-refractivity contribution in [2.24, 2.45) is 0 Å². The topological polar surface area (TPSA) is 62.2 Å². The van der Waals surface area contributed by atoms with Crippen LogP contribution >= 0.6 is 0 Å². The molecule has 1 N–H and O–H groups in total. The molecule has 0 aliphatic rings. The summed E-state index contributed by atoms with van der Waals surface area (Å²) >= 11 is 0. The van der Waals surface area contributed by atoms with E-state index >= 15 is 0 Å². The molecule has 3 atom stereocenters. The van der Waals surface area contributed by atoms with Crippen LogP contribution < -0.4 is 9.64 Å². The van der Waals surface area contributed by atoms with Crippen molar-refractivity contribution in [2.75, 3.05) is 39.3 Å². The molecule has 35 heavy (non-hydrogen) atoms. The predicted molar refractivity (Wildman–Crippen MR) is 144 cm³/mol. The Bertz CT molecular complexity index is 1100. The summed E-state index contributed by atoms with van der Waals surface area (Å²) in [5, 5.41) is 10.6. The highest BCUT2D eigenvalue weighted by Gasteiger charge is 2.28. The average molecular weight is 487 g/mol. The Morgan fingerprint density at radius 1 is 1.14 bits per heavy atom. The van der Waals surface area contributed by atoms with Crippen LogP contribution in [0.4, 0.5) is 5.69 Å². The van der Waals surface area contributed by atoms with Crippen molar-refractivity contribution in [3.05, 3.63) is 52.0 Å². The number of benzene rings is 2. The number of nitrogens with zero attached hydrogens (tertiary/aromatic N) is 2. The average Bonchev–Trinajstić information content (AvgIpc) is 2.82. The lowest BCUT2D eigenvalue weighted by molar-refractivity contribution is -0.116. The summed E-state index contributed by atoms with van der Waals surface area (Å²) in [6.07, 6.45) is 0.384. The first-order valence-electron chi connectivity index (χ1n) is 13.4. The van der Waals surface area contributed by atoms with Crippen molar-refractivity contribution in [3.8, 4) is 11.5 Å². The Hall–Kier alpha value is -2.57. The number of carbonyl (C=O) groups is 1. The lowest BCUT2D eigenvalue weighted by Gasteiger charge is -2.36. The number of anilines is 1. The Balaban J connectivity index is 2.47. The molecule has 0 heterocycles. The van der Waals surface area contributed by atoms with Crippen LogP contribution in [0, 0.1) is 20.8 Å². The minimum Gasteiger partial charge on any atom is -0.506 e. The molecule has 6 heteroatoms. The Kier molecular flexibility index (Phi) is 9.05. The van der Waals surface area contributed by atoms with Gasteiger partial charge in [-0.2, -0.15) is 0 Å². The summed E-state index contributed by atoms with van der Waals surface area (Å²) < 4.78 is 28.6. The van der Waals surface area contributed by atoms with E-state index in [1.54, 1.807) is 21.1 Å². The summed E-state index contributed by atoms with van der Waals surface area (Å²) in [6, 6.07) is 3.99. The van der Waals surface area contributed by atoms with Crippen LogP contribution in [-0.2, 0) is 9.53 Å². The van der Waals surface area contributed by atoms with Crippen molar-refractivity contribution in [1.82, 2.24) is 4.90 Å². The predicted octanol–water partition coefficient (Wildman–Crippen LogP) is 5.90. The van der Waals surface area contributed by atoms with Gasteiger partial charge in [0.1, 0.15) is 11.5 Å². The fourth-order valence-electron chi connectivity index (χ4n) is 5.30. The number of carbonyl (C=O) groups excluding carboxylic acids is 1. The zero-order valence-electron chi connectivity index (χ0n) is 25.1. The van der Waals surface area contributed by atoms with Gasteiger partial charge < -0.3 is 19.5 Å². The number of aryl methyl sites for hydroxylation is 2. The standard InChI is InChI=1S/C29H44N2O4/c1-11-25(21(6)28-18(3)15-23(35-12-2)16-19(28)4)30(8)17-27(34-10)24-13-14-26(33)29(20(24)5)31(9)22(7)32/h13-16,21,25,27,33H,11-12,17H2,1-10H3/t21?,25-,27+/m1/s1/i13D,14D. The summed E-state index contributed by atoms with van der Waals surface area (Å²) in [5.74, 6) is 0.477. The second-order valence-corrected chi connectivity index (χ2v) is 9.40. The first kappa shape index (κ1) is 25.5. The zero-order chi connectivity index (χ0) is 28.2. The van der Waals surface area contributed by atoms with Gasteiger partial charge in [-0.25, -0.2) is 0 Å². The number of ether oxygens (including phenoxy) is 2. The van der Waals surface area contributed by atoms with Gasteiger partial charge in [-0.3, -0.25) is 9.69 Å². The molecule has 2 aromatic carbocycles. The third kappa shape index (κ3) is 6.36. The number of hydrogen-bond acceptors (Lipinski definition) is 5. The van der Waals surface area contributed by atoms with Gasteiger partial charge >= 0.3 is 0 Å². The molecule has 2 aromatic rings. The Labute approximate surface area is 214 Å². The van der Waals surface area contributed by atoms with Gasteiger partial charge in [0.05, 0.1) is 21.1 Å². The molecule has 0 saturated carbocycles. The molecule has 0 bridgehead atoms. The number of likely N-dealkylation sites (N-methyl/N-ethyl adjacent to an activating group) is 1. The van der Waals surface area contributed by atoms with Gasteiger partial charge in [0.15, 0.2) is 0 Å². The quantitative estimate of drug-likeness (QED) is 0.428. The van der Waals surface area contributed by atoms with E-state index in [9.17, 15) is 9.90 Å². The lowest BCUT2D eigenvalue weighted by Crippen LogP contribution is -2.39. The highest BCUT2D eigenvalue weighted by molar-refractivity contribution is 5.93. The summed E-state index contributed by atoms with van der Waals surface area (Å²) in [7, 11) is 5.20. The van der Waals surface area contributed by atoms with Gasteiger partial charge in [0, 0.05) is 33.7 Å². The van der Waals surface area contributed by atoms with Crippen molar-refractivity contribution in [3.63, 3.8) is 0 Å². The lowest BCUT2D eigenvalue weighted by atomic mass is 9.84. The van der Waals surface area contributed by atoms with E-state index in [1.165, 1.54) is 28.5 Å². The van der Waals surface area contributed by atoms with E-state index in [2.05, 4.69) is 51.8 Å². The second-order valence-electron chi connectivity index (χ2n) is 9.40. The van der Waals surface area contributed by atoms with Gasteiger partial charge in [-0.15, -0.1) is 0 Å². The number of phenols is 1. The smallest absolute Gasteiger partial charge is 0.223 e. The molecule has 1 unspecified atom stereocenters. The van der Waals surface area contributed by atoms with E-state index in [-0.39, 0.29) is 41.4 Å². The molecule has 0 fully saturated rings. The van der Waals surface area contributed by atoms with Crippen LogP contribution in [0.15, 0.2) is 24.2 Å². The molecule has 0 spiro atoms. The van der Waals surface area contributed by atoms with E-state index in [0.717, 1.165) is 12.2 Å². The fourth-order valence-corrected chi connectivity index (χ4v) is 5.30. The van der Waals surface area contributed by atoms with Crippen LogP contribution in [0.3, 0.4) is 0 Å². The van der Waals surface area contributed by atoms with Crippen LogP contribution in [0.1, 0.15) is 76.7 Å². The highest BCUT2D eigenvalue weighted by atomic mass is 16.5. The first-order valence-corrected chi connectivity index (χ1v) is 12.4. The van der Waals surface area contributed by atoms with E-state index in [1.807, 2.05) is 6.92 Å². The number of phenolic OH excluding ortho intramolecular Hbond substituents is 1. The molecule has 0 aromatic heterocycles. The number of aromatic hydroxyl groups is 1. The molecule has 2 rings (SSSR count). The van der Waals surface area contributed by atoms with Gasteiger partial charge in [0.25, 0.3) is 0 Å². The zero-order valence-corrected chi connectivity index (χ0v) is 23.1. The number of rotatable bonds is 11. The maximum atomic E-state index is 12.1. The number of amides is 1. The highest BCUT2D eigenvalue weighted by Crippen LogP contribution is 2.37. The maximum absolute atomic E-state index is 12.1. The van der Waals surface area contributed by atoms with E-state index < -0.39 is 6.10 Å². The molecular weight excluding hydrogens is 440 g/mol. The van der Waals surface area contributed by atoms with Crippen LogP contribution in [-0.4, -0.2) is 56.3 Å². The monoisotopic (exact) mass is 486 g/mol. The molecule has 0 aliphatic carbocycles. The Morgan fingerprint density at radius 3 is 2.23 bits per heavy atom. The summed E-state index contributed by atoms with van der Waals surface area (Å²) in [5.41, 5.74) is 5.02. The minimum absolute atomic E-state index is 0.0877. The molecular formula is C29H44N2O4. The fraction of sp³-hybridized carbons (Fsp3) is 0.552. The molecule has 1 amide bonds. The van der Waals surface area contributed by atoms with Gasteiger partial charge in [0.2, 0.25) is 5.91 Å². The summed E-state index contributed by atoms with van der Waals surface area (Å²) in [4.78, 5) is 15.6. The normalized spacial score (nSPS) is 14.8. The first-order chi connectivity index (χ1) is 17.3. The van der Waals surface area contributed by atoms with Crippen molar-refractivity contribution in [2.45, 2.75) is 73.0 Å². The van der Waals surface area contributed by atoms with E-state index in [4.69, 9.17) is 12.2 Å². The molecule has 0 aliphatic heterocycles. The number of hydrogen-bond donors (Lipinski definition) is 1. The maximum Gasteiger partial charge on any atom is 0.223 e. The Morgan fingerprint density at radius 2 is 1.74 bits per heavy atom. The SMILES string of the molecule is [2H]c1c([2H])c([C@H](CN(C)[C@H](CC)C(C)c2c(C)cc(OCC)cc2C)OC)c(C)c(N(C)C(C)=O)c1O. The van der Waals surface area contributed by atoms with Crippen molar-refractivity contribution < 1.29 is 22.1 Å². The molecule has 0 radical (unpaired) electrons. The van der Waals surface area contributed by atoms with Crippen LogP contribution in [0.2, 0.25) is 0 Å². The third-order valence-electron chi connectivity index (χ3n) is 7.06. The third-order valence-corrected chi connectivity index (χ3v) is 7.06.